The normalized spacial score (nSPS) is 17.1. The van der Waals surface area contributed by atoms with E-state index < -0.39 is 5.97 Å². The van der Waals surface area contributed by atoms with Crippen molar-refractivity contribution in [3.05, 3.63) is 23.7 Å². The predicted molar refractivity (Wildman–Crippen MR) is 59.7 cm³/mol. The van der Waals surface area contributed by atoms with Gasteiger partial charge in [0, 0.05) is 13.1 Å². The summed E-state index contributed by atoms with van der Waals surface area (Å²) in [6, 6.07) is 1.70. The van der Waals surface area contributed by atoms with Crippen molar-refractivity contribution in [1.82, 2.24) is 4.90 Å². The highest BCUT2D eigenvalue weighted by Gasteiger charge is 2.28. The monoisotopic (exact) mass is 237 g/mol. The summed E-state index contributed by atoms with van der Waals surface area (Å²) >= 11 is 0. The van der Waals surface area contributed by atoms with E-state index in [1.54, 1.807) is 11.0 Å². The van der Waals surface area contributed by atoms with Crippen LogP contribution >= 0.6 is 0 Å². The summed E-state index contributed by atoms with van der Waals surface area (Å²) in [7, 11) is 0. The fraction of sp³-hybridized carbons (Fsp3) is 0.500. The SMILES string of the molecule is Cc1coc(C(=O)N2CCC(C(=O)O)CC2)c1. The minimum Gasteiger partial charge on any atom is -0.481 e. The molecule has 5 nitrogen and oxygen atoms in total. The molecular weight excluding hydrogens is 222 g/mol. The Morgan fingerprint density at radius 2 is 2.06 bits per heavy atom. The summed E-state index contributed by atoms with van der Waals surface area (Å²) < 4.78 is 5.15. The third-order valence-corrected chi connectivity index (χ3v) is 3.07. The minimum absolute atomic E-state index is 0.151. The summed E-state index contributed by atoms with van der Waals surface area (Å²) in [6.45, 7) is 2.82. The Hall–Kier alpha value is -1.78. The van der Waals surface area contributed by atoms with Crippen molar-refractivity contribution in [3.8, 4) is 0 Å². The first kappa shape index (κ1) is 11.7. The first-order valence-electron chi connectivity index (χ1n) is 5.65. The average molecular weight is 237 g/mol. The molecule has 0 saturated carbocycles. The van der Waals surface area contributed by atoms with Crippen molar-refractivity contribution >= 4 is 11.9 Å². The number of aryl methyl sites for hydroxylation is 1. The van der Waals surface area contributed by atoms with Gasteiger partial charge in [0.2, 0.25) is 0 Å². The minimum atomic E-state index is -0.772. The zero-order valence-corrected chi connectivity index (χ0v) is 9.68. The molecule has 1 saturated heterocycles. The lowest BCUT2D eigenvalue weighted by molar-refractivity contribution is -0.143. The summed E-state index contributed by atoms with van der Waals surface area (Å²) in [5.74, 6) is -0.915. The van der Waals surface area contributed by atoms with Crippen LogP contribution in [0.5, 0.6) is 0 Å². The maximum atomic E-state index is 12.0. The van der Waals surface area contributed by atoms with E-state index in [1.165, 1.54) is 6.26 Å². The number of hydrogen-bond donors (Lipinski definition) is 1. The molecule has 0 radical (unpaired) electrons. The molecule has 1 aromatic rings. The van der Waals surface area contributed by atoms with Crippen molar-refractivity contribution < 1.29 is 19.1 Å². The van der Waals surface area contributed by atoms with Crippen LogP contribution in [0, 0.1) is 12.8 Å². The lowest BCUT2D eigenvalue weighted by atomic mass is 9.97. The number of carbonyl (C=O) groups excluding carboxylic acids is 1. The molecule has 0 atom stereocenters. The van der Waals surface area contributed by atoms with Gasteiger partial charge in [-0.05, 0) is 31.4 Å². The predicted octanol–water partition coefficient (Wildman–Crippen LogP) is 1.52. The first-order chi connectivity index (χ1) is 8.08. The van der Waals surface area contributed by atoms with E-state index in [1.807, 2.05) is 6.92 Å². The quantitative estimate of drug-likeness (QED) is 0.846. The molecule has 1 N–H and O–H groups in total. The van der Waals surface area contributed by atoms with Crippen molar-refractivity contribution in [1.29, 1.82) is 0 Å². The molecule has 1 aliphatic rings. The van der Waals surface area contributed by atoms with Crippen LogP contribution in [0.15, 0.2) is 16.7 Å². The van der Waals surface area contributed by atoms with Gasteiger partial charge in [-0.3, -0.25) is 9.59 Å². The van der Waals surface area contributed by atoms with Gasteiger partial charge in [-0.1, -0.05) is 0 Å². The number of piperidine rings is 1. The molecule has 0 aliphatic carbocycles. The molecule has 0 bridgehead atoms. The van der Waals surface area contributed by atoms with Crippen LogP contribution in [0.25, 0.3) is 0 Å². The van der Waals surface area contributed by atoms with Crippen LogP contribution in [0.1, 0.15) is 29.0 Å². The van der Waals surface area contributed by atoms with Crippen molar-refractivity contribution in [2.75, 3.05) is 13.1 Å². The molecular formula is C12H15NO4. The number of rotatable bonds is 2. The Morgan fingerprint density at radius 1 is 1.41 bits per heavy atom. The highest BCUT2D eigenvalue weighted by atomic mass is 16.4. The second-order valence-electron chi connectivity index (χ2n) is 4.39. The fourth-order valence-electron chi connectivity index (χ4n) is 2.03. The number of carboxylic acid groups (broad SMARTS) is 1. The number of nitrogens with zero attached hydrogens (tertiary/aromatic N) is 1. The second-order valence-corrected chi connectivity index (χ2v) is 4.39. The van der Waals surface area contributed by atoms with Gasteiger partial charge in [0.05, 0.1) is 12.2 Å². The van der Waals surface area contributed by atoms with Gasteiger partial charge in [0.1, 0.15) is 0 Å². The van der Waals surface area contributed by atoms with Crippen LogP contribution < -0.4 is 0 Å². The van der Waals surface area contributed by atoms with Crippen LogP contribution in [-0.4, -0.2) is 35.0 Å². The average Bonchev–Trinajstić information content (AvgIpc) is 2.75. The Labute approximate surface area is 99.0 Å². The first-order valence-corrected chi connectivity index (χ1v) is 5.65. The maximum Gasteiger partial charge on any atom is 0.306 e. The topological polar surface area (TPSA) is 70.8 Å². The van der Waals surface area contributed by atoms with Gasteiger partial charge in [-0.15, -0.1) is 0 Å². The largest absolute Gasteiger partial charge is 0.481 e. The second kappa shape index (κ2) is 4.61. The number of likely N-dealkylation sites (tertiary alicyclic amines) is 1. The van der Waals surface area contributed by atoms with Gasteiger partial charge >= 0.3 is 5.97 Å². The number of amides is 1. The van der Waals surface area contributed by atoms with Crippen molar-refractivity contribution in [3.63, 3.8) is 0 Å². The van der Waals surface area contributed by atoms with E-state index in [0.717, 1.165) is 5.56 Å². The van der Waals surface area contributed by atoms with E-state index in [9.17, 15) is 9.59 Å². The maximum absolute atomic E-state index is 12.0. The Kier molecular flexibility index (Phi) is 3.17. The number of hydrogen-bond acceptors (Lipinski definition) is 3. The zero-order chi connectivity index (χ0) is 12.4. The van der Waals surface area contributed by atoms with Crippen LogP contribution in [0.3, 0.4) is 0 Å². The number of furan rings is 1. The smallest absolute Gasteiger partial charge is 0.306 e. The van der Waals surface area contributed by atoms with Gasteiger partial charge < -0.3 is 14.4 Å². The highest BCUT2D eigenvalue weighted by Crippen LogP contribution is 2.19. The third-order valence-electron chi connectivity index (χ3n) is 3.07. The summed E-state index contributed by atoms with van der Waals surface area (Å²) in [5.41, 5.74) is 0.911. The summed E-state index contributed by atoms with van der Waals surface area (Å²) in [6.07, 6.45) is 2.57. The molecule has 1 aliphatic heterocycles. The molecule has 0 aromatic carbocycles. The summed E-state index contributed by atoms with van der Waals surface area (Å²) in [4.78, 5) is 24.4. The molecule has 5 heteroatoms. The number of carboxylic acids is 1. The number of carbonyl (C=O) groups is 2. The van der Waals surface area contributed by atoms with Gasteiger partial charge in [0.25, 0.3) is 5.91 Å². The molecule has 2 heterocycles. The molecule has 1 amide bonds. The standard InChI is InChI=1S/C12H15NO4/c1-8-6-10(17-7-8)11(14)13-4-2-9(3-5-13)12(15)16/h6-7,9H,2-5H2,1H3,(H,15,16). The van der Waals surface area contributed by atoms with Crippen molar-refractivity contribution in [2.45, 2.75) is 19.8 Å². The molecule has 1 aromatic heterocycles. The van der Waals surface area contributed by atoms with E-state index in [0.29, 0.717) is 31.7 Å². The molecule has 17 heavy (non-hydrogen) atoms. The van der Waals surface area contributed by atoms with Gasteiger partial charge in [-0.2, -0.15) is 0 Å². The van der Waals surface area contributed by atoms with Gasteiger partial charge in [-0.25, -0.2) is 0 Å². The zero-order valence-electron chi connectivity index (χ0n) is 9.68. The lowest BCUT2D eigenvalue weighted by Crippen LogP contribution is -2.40. The molecule has 2 rings (SSSR count). The lowest BCUT2D eigenvalue weighted by Gasteiger charge is -2.29. The highest BCUT2D eigenvalue weighted by molar-refractivity contribution is 5.91. The Bertz CT molecular complexity index is 429. The van der Waals surface area contributed by atoms with Crippen LogP contribution in [0.4, 0.5) is 0 Å². The third kappa shape index (κ3) is 2.49. The van der Waals surface area contributed by atoms with Gasteiger partial charge in [0.15, 0.2) is 5.76 Å². The Morgan fingerprint density at radius 3 is 2.53 bits per heavy atom. The number of aliphatic carboxylic acids is 1. The van der Waals surface area contributed by atoms with E-state index in [2.05, 4.69) is 0 Å². The van der Waals surface area contributed by atoms with Crippen LogP contribution in [0.2, 0.25) is 0 Å². The fourth-order valence-corrected chi connectivity index (χ4v) is 2.03. The molecule has 1 fully saturated rings. The molecule has 0 spiro atoms. The van der Waals surface area contributed by atoms with Crippen LogP contribution in [-0.2, 0) is 4.79 Å². The molecule has 0 unspecified atom stereocenters. The van der Waals surface area contributed by atoms with E-state index in [-0.39, 0.29) is 11.8 Å². The van der Waals surface area contributed by atoms with E-state index in [4.69, 9.17) is 9.52 Å². The van der Waals surface area contributed by atoms with E-state index >= 15 is 0 Å². The Balaban J connectivity index is 1.97. The van der Waals surface area contributed by atoms with Crippen molar-refractivity contribution in [2.24, 2.45) is 5.92 Å². The molecule has 92 valence electrons. The summed E-state index contributed by atoms with van der Waals surface area (Å²) in [5, 5.41) is 8.86.